The Hall–Kier alpha value is -1.67. The van der Waals surface area contributed by atoms with E-state index in [1.165, 1.54) is 47.1 Å². The van der Waals surface area contributed by atoms with Crippen molar-refractivity contribution in [2.75, 3.05) is 6.54 Å². The smallest absolute Gasteiger partial charge is 0.110 e. The molecule has 156 valence electrons. The zero-order valence-corrected chi connectivity index (χ0v) is 19.9. The highest BCUT2D eigenvalue weighted by Gasteiger charge is 2.30. The second kappa shape index (κ2) is 9.43. The average molecular weight is 408 g/mol. The summed E-state index contributed by atoms with van der Waals surface area (Å²) in [5.74, 6) is 1.44. The standard InChI is InChI=1S/C27H37NS/c1-18(2)22-16-23(19(3)4)26(24(17-22)20(5)6)27(29)28-15-11-10-14-25(28)21-12-8-7-9-13-21/h7-9,12-13,16-20,25H,10-11,14-15H2,1-6H3/t25-/m1/s1. The minimum atomic E-state index is 0.391. The molecule has 1 atom stereocenters. The van der Waals surface area contributed by atoms with Gasteiger partial charge in [-0.15, -0.1) is 0 Å². The first-order chi connectivity index (χ1) is 13.8. The topological polar surface area (TPSA) is 3.24 Å². The molecule has 1 nitrogen and oxygen atoms in total. The molecule has 0 spiro atoms. The first-order valence-corrected chi connectivity index (χ1v) is 11.8. The number of hydrogen-bond acceptors (Lipinski definition) is 1. The fourth-order valence-corrected chi connectivity index (χ4v) is 5.00. The highest BCUT2D eigenvalue weighted by Crippen LogP contribution is 2.37. The van der Waals surface area contributed by atoms with Crippen LogP contribution in [0, 0.1) is 0 Å². The molecule has 1 saturated heterocycles. The number of piperidine rings is 1. The third kappa shape index (κ3) is 4.74. The SMILES string of the molecule is CC(C)c1cc(C(C)C)c(C(=S)N2CCCC[C@@H]2c2ccccc2)c(C(C)C)c1. The van der Waals surface area contributed by atoms with Crippen LogP contribution in [0.15, 0.2) is 42.5 Å². The maximum atomic E-state index is 6.27. The van der Waals surface area contributed by atoms with Crippen molar-refractivity contribution in [3.8, 4) is 0 Å². The minimum absolute atomic E-state index is 0.391. The second-order valence-electron chi connectivity index (χ2n) is 9.46. The Morgan fingerprint density at radius 1 is 0.862 bits per heavy atom. The van der Waals surface area contributed by atoms with Gasteiger partial charge in [-0.05, 0) is 59.3 Å². The highest BCUT2D eigenvalue weighted by molar-refractivity contribution is 7.80. The zero-order chi connectivity index (χ0) is 21.1. The van der Waals surface area contributed by atoms with Gasteiger partial charge in [0, 0.05) is 12.1 Å². The molecule has 1 fully saturated rings. The van der Waals surface area contributed by atoms with Gasteiger partial charge in [0.15, 0.2) is 0 Å². The number of rotatable bonds is 5. The summed E-state index contributed by atoms with van der Waals surface area (Å²) in [4.78, 5) is 3.58. The molecule has 0 radical (unpaired) electrons. The van der Waals surface area contributed by atoms with E-state index in [2.05, 4.69) is 88.9 Å². The van der Waals surface area contributed by atoms with Crippen molar-refractivity contribution in [1.29, 1.82) is 0 Å². The monoisotopic (exact) mass is 407 g/mol. The predicted octanol–water partition coefficient (Wildman–Crippen LogP) is 7.96. The summed E-state index contributed by atoms with van der Waals surface area (Å²) in [6.07, 6.45) is 3.68. The summed E-state index contributed by atoms with van der Waals surface area (Å²) in [5, 5.41) is 0. The molecular weight excluding hydrogens is 370 g/mol. The number of hydrogen-bond donors (Lipinski definition) is 0. The molecule has 0 unspecified atom stereocenters. The van der Waals surface area contributed by atoms with Crippen molar-refractivity contribution in [2.24, 2.45) is 0 Å². The normalized spacial score (nSPS) is 17.4. The van der Waals surface area contributed by atoms with Crippen LogP contribution in [0.3, 0.4) is 0 Å². The maximum absolute atomic E-state index is 6.27. The lowest BCUT2D eigenvalue weighted by molar-refractivity contribution is 0.249. The summed E-state index contributed by atoms with van der Waals surface area (Å²) in [7, 11) is 0. The van der Waals surface area contributed by atoms with Gasteiger partial charge < -0.3 is 4.90 Å². The van der Waals surface area contributed by atoms with E-state index in [1.54, 1.807) is 0 Å². The van der Waals surface area contributed by atoms with E-state index in [9.17, 15) is 0 Å². The Bertz CT molecular complexity index is 806. The van der Waals surface area contributed by atoms with Crippen molar-refractivity contribution in [1.82, 2.24) is 4.90 Å². The van der Waals surface area contributed by atoms with Crippen LogP contribution in [-0.4, -0.2) is 16.4 Å². The third-order valence-corrected chi connectivity index (χ3v) is 6.73. The molecular formula is C27H37NS. The van der Waals surface area contributed by atoms with Crippen LogP contribution in [0.25, 0.3) is 0 Å². The molecule has 2 heteroatoms. The number of nitrogens with zero attached hydrogens (tertiary/aromatic N) is 1. The van der Waals surface area contributed by atoms with Crippen molar-refractivity contribution in [3.05, 3.63) is 70.3 Å². The highest BCUT2D eigenvalue weighted by atomic mass is 32.1. The Labute approximate surface area is 183 Å². The molecule has 0 aromatic heterocycles. The van der Waals surface area contributed by atoms with Gasteiger partial charge in [-0.1, -0.05) is 96.2 Å². The Kier molecular flexibility index (Phi) is 7.16. The summed E-state index contributed by atoms with van der Waals surface area (Å²) in [6, 6.07) is 16.2. The summed E-state index contributed by atoms with van der Waals surface area (Å²) in [5.41, 5.74) is 6.99. The lowest BCUT2D eigenvalue weighted by Gasteiger charge is -2.39. The van der Waals surface area contributed by atoms with Gasteiger partial charge in [0.1, 0.15) is 4.99 Å². The fourth-order valence-electron chi connectivity index (χ4n) is 4.54. The Morgan fingerprint density at radius 3 is 1.97 bits per heavy atom. The molecule has 2 aromatic carbocycles. The number of thiocarbonyl (C=S) groups is 1. The zero-order valence-electron chi connectivity index (χ0n) is 19.0. The van der Waals surface area contributed by atoms with Gasteiger partial charge in [0.25, 0.3) is 0 Å². The largest absolute Gasteiger partial charge is 0.355 e. The van der Waals surface area contributed by atoms with E-state index in [0.717, 1.165) is 11.5 Å². The van der Waals surface area contributed by atoms with Crippen LogP contribution in [0.5, 0.6) is 0 Å². The van der Waals surface area contributed by atoms with Crippen LogP contribution < -0.4 is 0 Å². The van der Waals surface area contributed by atoms with E-state index in [0.29, 0.717) is 23.8 Å². The first-order valence-electron chi connectivity index (χ1n) is 11.3. The first kappa shape index (κ1) is 22.0. The van der Waals surface area contributed by atoms with Gasteiger partial charge in [-0.2, -0.15) is 0 Å². The molecule has 0 saturated carbocycles. The van der Waals surface area contributed by atoms with Crippen LogP contribution in [0.1, 0.15) is 112 Å². The molecule has 1 heterocycles. The van der Waals surface area contributed by atoms with E-state index < -0.39 is 0 Å². The van der Waals surface area contributed by atoms with Crippen LogP contribution in [-0.2, 0) is 0 Å². The molecule has 2 aromatic rings. The van der Waals surface area contributed by atoms with Gasteiger partial charge in [-0.25, -0.2) is 0 Å². The van der Waals surface area contributed by atoms with Crippen molar-refractivity contribution >= 4 is 17.2 Å². The van der Waals surface area contributed by atoms with E-state index in [-0.39, 0.29) is 0 Å². The van der Waals surface area contributed by atoms with Crippen LogP contribution >= 0.6 is 12.2 Å². The number of benzene rings is 2. The lowest BCUT2D eigenvalue weighted by Crippen LogP contribution is -2.39. The summed E-state index contributed by atoms with van der Waals surface area (Å²) < 4.78 is 0. The molecule has 3 rings (SSSR count). The van der Waals surface area contributed by atoms with Crippen molar-refractivity contribution < 1.29 is 0 Å². The lowest BCUT2D eigenvalue weighted by atomic mass is 9.83. The summed E-state index contributed by atoms with van der Waals surface area (Å²) >= 11 is 6.27. The third-order valence-electron chi connectivity index (χ3n) is 6.29. The molecule has 29 heavy (non-hydrogen) atoms. The Balaban J connectivity index is 2.11. The van der Waals surface area contributed by atoms with Crippen LogP contribution in [0.2, 0.25) is 0 Å². The predicted molar refractivity (Wildman–Crippen MR) is 130 cm³/mol. The molecule has 0 N–H and O–H groups in total. The van der Waals surface area contributed by atoms with E-state index in [1.807, 2.05) is 0 Å². The van der Waals surface area contributed by atoms with E-state index in [4.69, 9.17) is 12.2 Å². The van der Waals surface area contributed by atoms with Gasteiger partial charge in [0.2, 0.25) is 0 Å². The molecule has 0 amide bonds. The average Bonchev–Trinajstić information content (AvgIpc) is 2.72. The Morgan fingerprint density at radius 2 is 1.45 bits per heavy atom. The fraction of sp³-hybridized carbons (Fsp3) is 0.519. The minimum Gasteiger partial charge on any atom is -0.355 e. The summed E-state index contributed by atoms with van der Waals surface area (Å²) in [6.45, 7) is 14.9. The van der Waals surface area contributed by atoms with Crippen molar-refractivity contribution in [3.63, 3.8) is 0 Å². The maximum Gasteiger partial charge on any atom is 0.110 e. The molecule has 0 aliphatic carbocycles. The molecule has 0 bridgehead atoms. The quantitative estimate of drug-likeness (QED) is 0.462. The van der Waals surface area contributed by atoms with Crippen molar-refractivity contribution in [2.45, 2.75) is 84.6 Å². The molecule has 1 aliphatic rings. The van der Waals surface area contributed by atoms with Gasteiger partial charge >= 0.3 is 0 Å². The van der Waals surface area contributed by atoms with Crippen LogP contribution in [0.4, 0.5) is 0 Å². The van der Waals surface area contributed by atoms with Gasteiger partial charge in [-0.3, -0.25) is 0 Å². The van der Waals surface area contributed by atoms with Gasteiger partial charge in [0.05, 0.1) is 6.04 Å². The number of likely N-dealkylation sites (tertiary alicyclic amines) is 1. The molecule has 1 aliphatic heterocycles. The van der Waals surface area contributed by atoms with E-state index >= 15 is 0 Å². The second-order valence-corrected chi connectivity index (χ2v) is 9.85.